The third-order valence-electron chi connectivity index (χ3n) is 10.0. The van der Waals surface area contributed by atoms with Gasteiger partial charge < -0.3 is 25.5 Å². The number of aliphatic carboxylic acids is 1. The van der Waals surface area contributed by atoms with Crippen LogP contribution in [-0.2, 0) is 9.53 Å². The number of carboxylic acid groups (broad SMARTS) is 1. The van der Waals surface area contributed by atoms with Crippen molar-refractivity contribution in [2.75, 3.05) is 27.2 Å². The zero-order valence-corrected chi connectivity index (χ0v) is 18.9. The number of hydrogen-bond acceptors (Lipinski definition) is 5. The zero-order chi connectivity index (χ0) is 22.0. The van der Waals surface area contributed by atoms with Crippen molar-refractivity contribution in [2.45, 2.75) is 75.9 Å². The second-order valence-corrected chi connectivity index (χ2v) is 10.8. The van der Waals surface area contributed by atoms with E-state index in [9.17, 15) is 15.0 Å². The highest BCUT2D eigenvalue weighted by atomic mass is 16.5. The molecule has 0 aromatic carbocycles. The van der Waals surface area contributed by atoms with Gasteiger partial charge >= 0.3 is 0 Å². The number of hydrogen-bond donors (Lipinski definition) is 3. The lowest BCUT2D eigenvalue weighted by Crippen LogP contribution is -3.18. The maximum Gasteiger partial charge on any atom is 0.293 e. The van der Waals surface area contributed by atoms with Crippen molar-refractivity contribution in [3.63, 3.8) is 0 Å². The molecule has 5 rings (SSSR count). The molecule has 0 aromatic rings. The molecule has 1 unspecified atom stereocenters. The summed E-state index contributed by atoms with van der Waals surface area (Å²) in [6.45, 7) is 1.85. The Kier molecular flexibility index (Phi) is 5.03. The van der Waals surface area contributed by atoms with Gasteiger partial charge in [-0.05, 0) is 63.2 Å². The fourth-order valence-electron chi connectivity index (χ4n) is 9.01. The lowest BCUT2D eigenvalue weighted by Gasteiger charge is -2.58. The number of ether oxygens (including phenoxy) is 1. The molecule has 3 saturated carbocycles. The third kappa shape index (κ3) is 2.63. The largest absolute Gasteiger partial charge is 0.545 e. The van der Waals surface area contributed by atoms with E-state index < -0.39 is 17.7 Å². The summed E-state index contributed by atoms with van der Waals surface area (Å²) in [4.78, 5) is 18.1. The van der Waals surface area contributed by atoms with E-state index in [1.807, 2.05) is 0 Å². The summed E-state index contributed by atoms with van der Waals surface area (Å²) in [5.74, 6) is 0.293. The summed E-state index contributed by atoms with van der Waals surface area (Å²) in [7, 11) is 3.35. The van der Waals surface area contributed by atoms with Crippen LogP contribution in [0.4, 0.5) is 0 Å². The number of nitrogens with zero attached hydrogens (tertiary/aromatic N) is 1. The van der Waals surface area contributed by atoms with Crippen molar-refractivity contribution < 1.29 is 24.6 Å². The van der Waals surface area contributed by atoms with Crippen LogP contribution in [0.15, 0.2) is 16.1 Å². The number of piperidine rings is 1. The van der Waals surface area contributed by atoms with Crippen molar-refractivity contribution in [3.05, 3.63) is 11.1 Å². The molecule has 172 valence electrons. The number of carboxylic acids is 1. The van der Waals surface area contributed by atoms with Crippen LogP contribution in [-0.4, -0.2) is 56.0 Å². The molecular formula is C24H37N3O4. The van der Waals surface area contributed by atoms with Crippen LogP contribution >= 0.6 is 0 Å². The Labute approximate surface area is 184 Å². The second kappa shape index (κ2) is 7.29. The molecule has 5 aliphatic rings. The van der Waals surface area contributed by atoms with Crippen LogP contribution in [0.1, 0.15) is 64.2 Å². The third-order valence-corrected chi connectivity index (χ3v) is 10.0. The number of methoxy groups -OCH3 is 1. The van der Waals surface area contributed by atoms with E-state index in [2.05, 4.69) is 4.99 Å². The number of nitrogens with one attached hydrogen (secondary N) is 1. The van der Waals surface area contributed by atoms with Crippen LogP contribution in [0.25, 0.3) is 0 Å². The lowest BCUT2D eigenvalue weighted by atomic mass is 9.47. The standard InChI is InChI=1S/C24H37N3O4/c1-26-21(25)27-11-5-10-22(14-27)16-9-8-15-6-3-4-7-18(31-2)24(30)13-23(15,22)17(12-16)19(24)20(28)29/h15-16,18,30H,3-14H2,1-2H3,(H2,25,26)(H,28,29)/t15-,16-,18+,22-,23+,24-/m1/s1. The molecule has 7 atom stereocenters. The quantitative estimate of drug-likeness (QED) is 0.413. The van der Waals surface area contributed by atoms with Gasteiger partial charge in [0.05, 0.1) is 25.2 Å². The van der Waals surface area contributed by atoms with Crippen molar-refractivity contribution >= 4 is 11.9 Å². The number of aliphatic imine (C=N–C) groups is 1. The Morgan fingerprint density at radius 2 is 1.97 bits per heavy atom. The summed E-state index contributed by atoms with van der Waals surface area (Å²) in [5.41, 5.74) is 5.68. The first-order valence-corrected chi connectivity index (χ1v) is 12.1. The number of rotatable bonds is 2. The summed E-state index contributed by atoms with van der Waals surface area (Å²) in [6, 6.07) is 0. The molecule has 31 heavy (non-hydrogen) atoms. The number of allylic oxidation sites excluding steroid dienone is 1. The monoisotopic (exact) mass is 431 g/mol. The number of fused-ring (bicyclic) bond motifs is 1. The number of guanidine groups is 1. The van der Waals surface area contributed by atoms with Crippen molar-refractivity contribution in [2.24, 2.45) is 33.4 Å². The number of carbonyl (C=O) groups excluding carboxylic acids is 1. The summed E-state index contributed by atoms with van der Waals surface area (Å²) >= 11 is 0. The highest BCUT2D eigenvalue weighted by Crippen LogP contribution is 2.76. The Bertz CT molecular complexity index is 841. The lowest BCUT2D eigenvalue weighted by molar-refractivity contribution is -0.826. The van der Waals surface area contributed by atoms with Gasteiger partial charge in [-0.3, -0.25) is 4.90 Å². The van der Waals surface area contributed by atoms with Crippen LogP contribution < -0.4 is 15.7 Å². The Morgan fingerprint density at radius 3 is 2.68 bits per heavy atom. The second-order valence-electron chi connectivity index (χ2n) is 10.8. The molecule has 4 fully saturated rings. The van der Waals surface area contributed by atoms with Crippen LogP contribution in [0.5, 0.6) is 0 Å². The van der Waals surface area contributed by atoms with Gasteiger partial charge in [-0.1, -0.05) is 18.4 Å². The predicted octanol–water partition coefficient (Wildman–Crippen LogP) is -0.217. The van der Waals surface area contributed by atoms with Gasteiger partial charge in [-0.2, -0.15) is 0 Å². The first-order chi connectivity index (χ1) is 14.8. The first-order valence-electron chi connectivity index (χ1n) is 12.1. The van der Waals surface area contributed by atoms with Gasteiger partial charge in [0, 0.05) is 30.6 Å². The molecule has 2 spiro atoms. The average molecular weight is 432 g/mol. The van der Waals surface area contributed by atoms with Gasteiger partial charge in [0.25, 0.3) is 5.96 Å². The summed E-state index contributed by atoms with van der Waals surface area (Å²) in [5, 5.41) is 24.6. The minimum Gasteiger partial charge on any atom is -0.545 e. The number of carbonyl (C=O) groups is 1. The summed E-state index contributed by atoms with van der Waals surface area (Å²) < 4.78 is 5.77. The van der Waals surface area contributed by atoms with E-state index in [0.29, 0.717) is 30.6 Å². The van der Waals surface area contributed by atoms with Crippen LogP contribution in [0, 0.1) is 22.7 Å². The van der Waals surface area contributed by atoms with E-state index in [-0.39, 0.29) is 16.4 Å². The molecule has 7 nitrogen and oxygen atoms in total. The zero-order valence-electron chi connectivity index (χ0n) is 18.9. The van der Waals surface area contributed by atoms with Gasteiger partial charge in [0.15, 0.2) is 0 Å². The van der Waals surface area contributed by atoms with Crippen molar-refractivity contribution in [3.8, 4) is 0 Å². The topological polar surface area (TPSA) is 112 Å². The first kappa shape index (κ1) is 21.4. The Balaban J connectivity index is 1.73. The van der Waals surface area contributed by atoms with Crippen molar-refractivity contribution in [1.82, 2.24) is 0 Å². The van der Waals surface area contributed by atoms with Crippen LogP contribution in [0.3, 0.4) is 0 Å². The summed E-state index contributed by atoms with van der Waals surface area (Å²) in [6.07, 6.45) is 8.96. The highest BCUT2D eigenvalue weighted by Gasteiger charge is 2.75. The van der Waals surface area contributed by atoms with E-state index in [0.717, 1.165) is 70.0 Å². The van der Waals surface area contributed by atoms with E-state index in [4.69, 9.17) is 10.5 Å². The van der Waals surface area contributed by atoms with E-state index >= 15 is 0 Å². The van der Waals surface area contributed by atoms with Gasteiger partial charge in [0.1, 0.15) is 5.60 Å². The fraction of sp³-hybridized carbons (Fsp3) is 0.833. The minimum atomic E-state index is -1.47. The molecule has 4 aliphatic carbocycles. The van der Waals surface area contributed by atoms with Crippen LogP contribution in [0.2, 0.25) is 0 Å². The molecule has 1 heterocycles. The molecular weight excluding hydrogens is 394 g/mol. The van der Waals surface area contributed by atoms with Crippen molar-refractivity contribution in [1.29, 1.82) is 0 Å². The number of nitrogens with two attached hydrogens (primary N) is 1. The van der Waals surface area contributed by atoms with Gasteiger partial charge in [-0.25, -0.2) is 4.99 Å². The smallest absolute Gasteiger partial charge is 0.293 e. The minimum absolute atomic E-state index is 0.0397. The SMILES string of the molecule is CN=C(N)[NH+]1CCC[C@@]2(C1)[C@@H]1CC[C@H]3CCCC[C@H](OC)[C@]4(O)C[C@@]32C(=C4C(=O)[O-])C1. The maximum atomic E-state index is 12.6. The maximum absolute atomic E-state index is 12.6. The molecule has 1 saturated heterocycles. The predicted molar refractivity (Wildman–Crippen MR) is 114 cm³/mol. The number of aliphatic hydroxyl groups is 1. The van der Waals surface area contributed by atoms with Gasteiger partial charge in [-0.15, -0.1) is 0 Å². The molecule has 3 bridgehead atoms. The highest BCUT2D eigenvalue weighted by molar-refractivity contribution is 5.90. The molecule has 0 aromatic heterocycles. The Hall–Kier alpha value is -1.44. The molecule has 4 N–H and O–H groups in total. The number of likely N-dealkylation sites (tertiary alicyclic amines) is 1. The van der Waals surface area contributed by atoms with E-state index in [1.54, 1.807) is 14.2 Å². The van der Waals surface area contributed by atoms with E-state index in [1.165, 1.54) is 4.90 Å². The molecule has 0 radical (unpaired) electrons. The normalized spacial score (nSPS) is 47.3. The number of quaternary nitrogens is 1. The molecule has 1 aliphatic heterocycles. The van der Waals surface area contributed by atoms with Gasteiger partial charge in [0.2, 0.25) is 0 Å². The fourth-order valence-corrected chi connectivity index (χ4v) is 9.01. The molecule has 7 heteroatoms. The Morgan fingerprint density at radius 1 is 1.23 bits per heavy atom. The molecule has 0 amide bonds. The average Bonchev–Trinajstić information content (AvgIpc) is 3.10.